The molecule has 0 unspecified atom stereocenters. The maximum Gasteiger partial charge on any atom is 0.0142 e. The predicted molar refractivity (Wildman–Crippen MR) is 94.9 cm³/mol. The van der Waals surface area contributed by atoms with Gasteiger partial charge in [0.2, 0.25) is 0 Å². The molecule has 0 bridgehead atoms. The van der Waals surface area contributed by atoms with Crippen LogP contribution in [-0.4, -0.2) is 37.1 Å². The number of hydrogen-bond acceptors (Lipinski definition) is 2. The smallest absolute Gasteiger partial charge is 0.0142 e. The highest BCUT2D eigenvalue weighted by atomic mass is 15.1. The molecule has 2 fully saturated rings. The summed E-state index contributed by atoms with van der Waals surface area (Å²) in [5.41, 5.74) is 2.86. The fraction of sp³-hybridized carbons (Fsp3) is 0.600. The molecule has 3 rings (SSSR count). The van der Waals surface area contributed by atoms with Crippen molar-refractivity contribution in [2.45, 2.75) is 57.2 Å². The Labute approximate surface area is 135 Å². The lowest BCUT2D eigenvalue weighted by atomic mass is 9.90. The van der Waals surface area contributed by atoms with E-state index in [1.54, 1.807) is 0 Å². The Bertz CT molecular complexity index is 498. The first-order chi connectivity index (χ1) is 10.6. The minimum Gasteiger partial charge on any atom is -0.311 e. The molecule has 1 N–H and O–H groups in total. The Balaban J connectivity index is 1.46. The molecule has 120 valence electrons. The molecule has 0 radical (unpaired) electrons. The van der Waals surface area contributed by atoms with Gasteiger partial charge in [-0.1, -0.05) is 42.0 Å². The lowest BCUT2D eigenvalue weighted by molar-refractivity contribution is 0.203. The number of hydrogen-bond donors (Lipinski definition) is 1. The van der Waals surface area contributed by atoms with E-state index in [1.165, 1.54) is 43.2 Å². The van der Waals surface area contributed by atoms with Crippen LogP contribution in [0.4, 0.5) is 0 Å². The Morgan fingerprint density at radius 2 is 1.77 bits per heavy atom. The van der Waals surface area contributed by atoms with Crippen LogP contribution in [0, 0.1) is 5.92 Å². The number of nitrogens with zero attached hydrogens (tertiary/aromatic N) is 1. The molecule has 22 heavy (non-hydrogen) atoms. The van der Waals surface area contributed by atoms with Gasteiger partial charge in [0.15, 0.2) is 0 Å². The topological polar surface area (TPSA) is 15.3 Å². The minimum atomic E-state index is 0.723. The largest absolute Gasteiger partial charge is 0.311 e. The summed E-state index contributed by atoms with van der Waals surface area (Å²) < 4.78 is 0. The second-order valence-electron chi connectivity index (χ2n) is 7.38. The van der Waals surface area contributed by atoms with Gasteiger partial charge in [-0.25, -0.2) is 0 Å². The van der Waals surface area contributed by atoms with E-state index in [0.29, 0.717) is 0 Å². The van der Waals surface area contributed by atoms with Crippen LogP contribution in [0.25, 0.3) is 6.08 Å². The normalized spacial score (nSPS) is 32.3. The van der Waals surface area contributed by atoms with E-state index >= 15 is 0 Å². The molecule has 2 saturated carbocycles. The summed E-state index contributed by atoms with van der Waals surface area (Å²) in [5, 5.41) is 3.91. The van der Waals surface area contributed by atoms with Gasteiger partial charge in [0.25, 0.3) is 0 Å². The molecule has 0 aromatic heterocycles. The maximum atomic E-state index is 3.91. The van der Waals surface area contributed by atoms with E-state index in [4.69, 9.17) is 0 Å². The fourth-order valence-corrected chi connectivity index (χ4v) is 3.86. The minimum absolute atomic E-state index is 0.723. The van der Waals surface area contributed by atoms with Gasteiger partial charge in [-0.15, -0.1) is 0 Å². The molecular formula is C20H30N2. The third kappa shape index (κ3) is 3.99. The van der Waals surface area contributed by atoms with Gasteiger partial charge in [0.05, 0.1) is 0 Å². The van der Waals surface area contributed by atoms with E-state index < -0.39 is 0 Å². The summed E-state index contributed by atoms with van der Waals surface area (Å²) in [4.78, 5) is 2.39. The van der Waals surface area contributed by atoms with E-state index in [2.05, 4.69) is 67.6 Å². The summed E-state index contributed by atoms with van der Waals surface area (Å²) in [7, 11) is 4.43. The molecule has 0 spiro atoms. The highest BCUT2D eigenvalue weighted by Crippen LogP contribution is 2.39. The molecule has 0 aliphatic heterocycles. The van der Waals surface area contributed by atoms with Crippen molar-refractivity contribution in [1.82, 2.24) is 10.2 Å². The molecule has 2 aliphatic carbocycles. The van der Waals surface area contributed by atoms with Crippen molar-refractivity contribution in [3.8, 4) is 0 Å². The molecule has 0 saturated heterocycles. The van der Waals surface area contributed by atoms with Crippen molar-refractivity contribution in [2.24, 2.45) is 5.92 Å². The molecule has 2 nitrogen and oxygen atoms in total. The lowest BCUT2D eigenvalue weighted by Crippen LogP contribution is -2.40. The number of rotatable bonds is 5. The first-order valence-corrected chi connectivity index (χ1v) is 8.79. The van der Waals surface area contributed by atoms with Crippen LogP contribution in [0.5, 0.6) is 0 Å². The molecule has 2 atom stereocenters. The van der Waals surface area contributed by atoms with Crippen molar-refractivity contribution in [2.75, 3.05) is 14.1 Å². The number of benzene rings is 1. The van der Waals surface area contributed by atoms with E-state index in [-0.39, 0.29) is 0 Å². The third-order valence-corrected chi connectivity index (χ3v) is 5.45. The van der Waals surface area contributed by atoms with Crippen molar-refractivity contribution in [1.29, 1.82) is 0 Å². The van der Waals surface area contributed by atoms with Crippen molar-refractivity contribution < 1.29 is 0 Å². The monoisotopic (exact) mass is 298 g/mol. The molecule has 2 aliphatic rings. The second-order valence-corrected chi connectivity index (χ2v) is 7.38. The Hall–Kier alpha value is -1.12. The fourth-order valence-electron chi connectivity index (χ4n) is 3.86. The van der Waals surface area contributed by atoms with Gasteiger partial charge in [0, 0.05) is 18.1 Å². The van der Waals surface area contributed by atoms with Crippen LogP contribution < -0.4 is 5.32 Å². The zero-order chi connectivity index (χ0) is 15.5. The van der Waals surface area contributed by atoms with Crippen LogP contribution in [0.1, 0.15) is 44.6 Å². The first-order valence-electron chi connectivity index (χ1n) is 8.79. The van der Waals surface area contributed by atoms with Gasteiger partial charge in [-0.3, -0.25) is 0 Å². The Kier molecular flexibility index (Phi) is 5.00. The average Bonchev–Trinajstić information content (AvgIpc) is 3.28. The molecule has 2 heteroatoms. The Morgan fingerprint density at radius 1 is 1.09 bits per heavy atom. The quantitative estimate of drug-likeness (QED) is 0.885. The second kappa shape index (κ2) is 6.97. The number of nitrogens with one attached hydrogen (secondary N) is 1. The van der Waals surface area contributed by atoms with Crippen molar-refractivity contribution >= 4 is 6.08 Å². The average molecular weight is 298 g/mol. The highest BCUT2D eigenvalue weighted by Gasteiger charge is 2.39. The highest BCUT2D eigenvalue weighted by molar-refractivity contribution is 5.53. The first kappa shape index (κ1) is 15.8. The van der Waals surface area contributed by atoms with Gasteiger partial charge in [0.1, 0.15) is 0 Å². The van der Waals surface area contributed by atoms with Crippen LogP contribution >= 0.6 is 0 Å². The van der Waals surface area contributed by atoms with Crippen LogP contribution in [-0.2, 0) is 0 Å². The summed E-state index contributed by atoms with van der Waals surface area (Å²) in [5.74, 6) is 0.756. The SMILES string of the molecule is C/C(=C\c1ccccc1)[C@@H]1C[C@H]1N[C@H]1CC[C@H](N(C)C)CC1. The zero-order valence-electron chi connectivity index (χ0n) is 14.3. The standard InChI is InChI=1S/C20H30N2/c1-15(13-16-7-5-4-6-8-16)19-14-20(19)21-17-9-11-18(12-10-17)22(2)3/h4-8,13,17-21H,9-12,14H2,1-3H3/b15-13+/t17-,18-,19-,20+/m0/s1. The molecule has 1 aromatic carbocycles. The summed E-state index contributed by atoms with van der Waals surface area (Å²) in [6.45, 7) is 2.29. The van der Waals surface area contributed by atoms with E-state index in [9.17, 15) is 0 Å². The third-order valence-electron chi connectivity index (χ3n) is 5.45. The molecular weight excluding hydrogens is 268 g/mol. The van der Waals surface area contributed by atoms with Gasteiger partial charge in [-0.2, -0.15) is 0 Å². The van der Waals surface area contributed by atoms with E-state index in [0.717, 1.165) is 24.0 Å². The van der Waals surface area contributed by atoms with Gasteiger partial charge < -0.3 is 10.2 Å². The predicted octanol–water partition coefficient (Wildman–Crippen LogP) is 3.94. The maximum absolute atomic E-state index is 3.91. The Morgan fingerprint density at radius 3 is 2.41 bits per heavy atom. The van der Waals surface area contributed by atoms with Crippen molar-refractivity contribution in [3.63, 3.8) is 0 Å². The van der Waals surface area contributed by atoms with Gasteiger partial charge in [-0.05, 0) is 64.6 Å². The van der Waals surface area contributed by atoms with Crippen LogP contribution in [0.15, 0.2) is 35.9 Å². The van der Waals surface area contributed by atoms with E-state index in [1.807, 2.05) is 0 Å². The van der Waals surface area contributed by atoms with Gasteiger partial charge >= 0.3 is 0 Å². The summed E-state index contributed by atoms with van der Waals surface area (Å²) in [6, 6.07) is 13.0. The molecule has 0 heterocycles. The summed E-state index contributed by atoms with van der Waals surface area (Å²) >= 11 is 0. The lowest BCUT2D eigenvalue weighted by Gasteiger charge is -2.33. The zero-order valence-corrected chi connectivity index (χ0v) is 14.3. The van der Waals surface area contributed by atoms with Crippen LogP contribution in [0.3, 0.4) is 0 Å². The summed E-state index contributed by atoms with van der Waals surface area (Å²) in [6.07, 6.45) is 9.06. The molecule has 1 aromatic rings. The van der Waals surface area contributed by atoms with Crippen molar-refractivity contribution in [3.05, 3.63) is 41.5 Å². The van der Waals surface area contributed by atoms with Crippen LogP contribution in [0.2, 0.25) is 0 Å². The molecule has 0 amide bonds.